The van der Waals surface area contributed by atoms with Crippen LogP contribution in [0.1, 0.15) is 18.4 Å². The van der Waals surface area contributed by atoms with Gasteiger partial charge in [0.05, 0.1) is 41.0 Å². The largest absolute Gasteiger partial charge is 0.493 e. The number of halogens is 2. The topological polar surface area (TPSA) is 132 Å². The Bertz CT molecular complexity index is 1530. The van der Waals surface area contributed by atoms with E-state index in [9.17, 15) is 14.0 Å². The van der Waals surface area contributed by atoms with Gasteiger partial charge in [-0.15, -0.1) is 0 Å². The number of rotatable bonds is 10. The van der Waals surface area contributed by atoms with Gasteiger partial charge < -0.3 is 30.0 Å². The van der Waals surface area contributed by atoms with Crippen molar-refractivity contribution in [3.8, 4) is 23.1 Å². The molecule has 0 aliphatic heterocycles. The number of carbonyl (C=O) groups is 2. The molecule has 39 heavy (non-hydrogen) atoms. The fraction of sp³-hybridized carbons (Fsp3) is 0.185. The number of carboxylic acids is 1. The number of aliphatic carboxylic acids is 1. The summed E-state index contributed by atoms with van der Waals surface area (Å²) in [5.74, 6) is -0.100. The van der Waals surface area contributed by atoms with Gasteiger partial charge in [-0.25, -0.2) is 19.2 Å². The number of aryl methyl sites for hydroxylation is 1. The van der Waals surface area contributed by atoms with Gasteiger partial charge in [-0.05, 0) is 49.2 Å². The van der Waals surface area contributed by atoms with E-state index in [-0.39, 0.29) is 35.3 Å². The summed E-state index contributed by atoms with van der Waals surface area (Å²) in [5, 5.41) is 14.5. The fourth-order valence-corrected chi connectivity index (χ4v) is 3.80. The van der Waals surface area contributed by atoms with Crippen molar-refractivity contribution >= 4 is 45.9 Å². The van der Waals surface area contributed by atoms with Crippen molar-refractivity contribution in [3.63, 3.8) is 0 Å². The lowest BCUT2D eigenvalue weighted by atomic mass is 10.2. The molecule has 0 aliphatic carbocycles. The van der Waals surface area contributed by atoms with E-state index < -0.39 is 17.8 Å². The summed E-state index contributed by atoms with van der Waals surface area (Å²) in [5.41, 5.74) is 1.64. The van der Waals surface area contributed by atoms with Crippen LogP contribution in [-0.2, 0) is 4.79 Å². The summed E-state index contributed by atoms with van der Waals surface area (Å²) >= 11 is 6.36. The number of carboxylic acid groups (broad SMARTS) is 1. The van der Waals surface area contributed by atoms with Crippen LogP contribution < -0.4 is 24.8 Å². The number of nitrogens with zero attached hydrogens (tertiary/aromatic N) is 2. The second-order valence-electron chi connectivity index (χ2n) is 8.35. The number of carbonyl (C=O) groups excluding carboxylic acids is 1. The first-order valence-electron chi connectivity index (χ1n) is 11.7. The lowest BCUT2D eigenvalue weighted by molar-refractivity contribution is -0.137. The number of fused-ring (bicyclic) bond motifs is 1. The number of urea groups is 1. The molecule has 0 radical (unpaired) electrons. The molecule has 202 valence electrons. The summed E-state index contributed by atoms with van der Waals surface area (Å²) < 4.78 is 31.0. The summed E-state index contributed by atoms with van der Waals surface area (Å²) in [4.78, 5) is 31.6. The summed E-state index contributed by atoms with van der Waals surface area (Å²) in [6, 6.07) is 11.7. The molecule has 0 spiro atoms. The van der Waals surface area contributed by atoms with Crippen LogP contribution in [0.2, 0.25) is 5.02 Å². The maximum absolute atomic E-state index is 14.0. The third-order valence-electron chi connectivity index (χ3n) is 5.45. The Morgan fingerprint density at radius 1 is 1.03 bits per heavy atom. The van der Waals surface area contributed by atoms with E-state index in [1.165, 1.54) is 37.7 Å². The zero-order valence-corrected chi connectivity index (χ0v) is 21.7. The van der Waals surface area contributed by atoms with Gasteiger partial charge in [0, 0.05) is 18.6 Å². The normalized spacial score (nSPS) is 10.7. The quantitative estimate of drug-likeness (QED) is 0.191. The van der Waals surface area contributed by atoms with Crippen LogP contribution in [0, 0.1) is 12.7 Å². The molecule has 4 rings (SSSR count). The second kappa shape index (κ2) is 12.3. The smallest absolute Gasteiger partial charge is 0.323 e. The van der Waals surface area contributed by atoms with E-state index >= 15 is 0 Å². The predicted molar refractivity (Wildman–Crippen MR) is 144 cm³/mol. The molecule has 1 heterocycles. The van der Waals surface area contributed by atoms with Gasteiger partial charge in [-0.3, -0.25) is 4.79 Å². The standard InChI is InChI=1S/C27H24ClFN4O6/c1-15-5-7-19(29)22(10-15)33-27(36)32-20-8-6-16(11-18(20)28)39-26-17-12-23(37-2)24(13-21(17)30-14-31-26)38-9-3-4-25(34)35/h5-8,10-14H,3-4,9H2,1-2H3,(H,34,35)(H2,32,33,36). The summed E-state index contributed by atoms with van der Waals surface area (Å²) in [6.07, 6.45) is 1.65. The van der Waals surface area contributed by atoms with Gasteiger partial charge in [0.15, 0.2) is 11.5 Å². The Balaban J connectivity index is 1.48. The van der Waals surface area contributed by atoms with Crippen molar-refractivity contribution in [3.05, 3.63) is 71.3 Å². The van der Waals surface area contributed by atoms with E-state index in [4.69, 9.17) is 30.9 Å². The molecule has 0 unspecified atom stereocenters. The first-order chi connectivity index (χ1) is 18.7. The van der Waals surface area contributed by atoms with Crippen molar-refractivity contribution in [1.29, 1.82) is 0 Å². The molecular formula is C27H24ClFN4O6. The lowest BCUT2D eigenvalue weighted by Gasteiger charge is -2.14. The minimum atomic E-state index is -0.900. The van der Waals surface area contributed by atoms with E-state index in [2.05, 4.69) is 20.6 Å². The van der Waals surface area contributed by atoms with E-state index in [1.54, 1.807) is 31.2 Å². The molecule has 4 aromatic rings. The Labute approximate surface area is 227 Å². The third kappa shape index (κ3) is 7.02. The monoisotopic (exact) mass is 554 g/mol. The van der Waals surface area contributed by atoms with Gasteiger partial charge >= 0.3 is 12.0 Å². The molecule has 2 amide bonds. The predicted octanol–water partition coefficient (Wildman–Crippen LogP) is 6.42. The molecule has 3 aromatic carbocycles. The van der Waals surface area contributed by atoms with Crippen molar-refractivity contribution in [1.82, 2.24) is 9.97 Å². The summed E-state index contributed by atoms with van der Waals surface area (Å²) in [6.45, 7) is 1.98. The molecular weight excluding hydrogens is 531 g/mol. The molecule has 0 saturated heterocycles. The van der Waals surface area contributed by atoms with Crippen molar-refractivity contribution in [2.75, 3.05) is 24.4 Å². The van der Waals surface area contributed by atoms with Crippen LogP contribution in [-0.4, -0.2) is 40.8 Å². The maximum atomic E-state index is 14.0. The van der Waals surface area contributed by atoms with Crippen LogP contribution in [0.5, 0.6) is 23.1 Å². The number of ether oxygens (including phenoxy) is 3. The van der Waals surface area contributed by atoms with Crippen LogP contribution in [0.25, 0.3) is 10.9 Å². The molecule has 0 saturated carbocycles. The molecule has 0 bridgehead atoms. The first kappa shape index (κ1) is 27.4. The van der Waals surface area contributed by atoms with Crippen LogP contribution in [0.15, 0.2) is 54.9 Å². The third-order valence-corrected chi connectivity index (χ3v) is 5.76. The molecule has 3 N–H and O–H groups in total. The number of nitrogens with one attached hydrogen (secondary N) is 2. The highest BCUT2D eigenvalue weighted by Crippen LogP contribution is 2.37. The van der Waals surface area contributed by atoms with E-state index in [0.29, 0.717) is 34.6 Å². The van der Waals surface area contributed by atoms with Crippen LogP contribution >= 0.6 is 11.6 Å². The summed E-state index contributed by atoms with van der Waals surface area (Å²) in [7, 11) is 1.48. The van der Waals surface area contributed by atoms with Gasteiger partial charge in [0.2, 0.25) is 5.88 Å². The second-order valence-corrected chi connectivity index (χ2v) is 8.76. The lowest BCUT2D eigenvalue weighted by Crippen LogP contribution is -2.20. The zero-order valence-electron chi connectivity index (χ0n) is 21.0. The number of amides is 2. The number of benzene rings is 3. The Kier molecular flexibility index (Phi) is 8.62. The first-order valence-corrected chi connectivity index (χ1v) is 12.1. The minimum Gasteiger partial charge on any atom is -0.493 e. The number of anilines is 2. The van der Waals surface area contributed by atoms with Gasteiger partial charge in [-0.2, -0.15) is 0 Å². The SMILES string of the molecule is COc1cc2c(Oc3ccc(NC(=O)Nc4cc(C)ccc4F)c(Cl)c3)ncnc2cc1OCCCC(=O)O. The number of methoxy groups -OCH3 is 1. The highest BCUT2D eigenvalue weighted by molar-refractivity contribution is 6.34. The number of aromatic nitrogens is 2. The molecule has 0 aliphatic rings. The molecule has 1 aromatic heterocycles. The maximum Gasteiger partial charge on any atom is 0.323 e. The van der Waals surface area contributed by atoms with Crippen molar-refractivity contribution in [2.24, 2.45) is 0 Å². The molecule has 0 atom stereocenters. The van der Waals surface area contributed by atoms with E-state index in [0.717, 1.165) is 5.56 Å². The van der Waals surface area contributed by atoms with Crippen LogP contribution in [0.3, 0.4) is 0 Å². The number of hydrogen-bond donors (Lipinski definition) is 3. The average molecular weight is 555 g/mol. The molecule has 12 heteroatoms. The molecule has 10 nitrogen and oxygen atoms in total. The molecule has 0 fully saturated rings. The minimum absolute atomic E-state index is 0.0110. The fourth-order valence-electron chi connectivity index (χ4n) is 3.58. The van der Waals surface area contributed by atoms with Gasteiger partial charge in [0.1, 0.15) is 17.9 Å². The highest BCUT2D eigenvalue weighted by Gasteiger charge is 2.15. The number of hydrogen-bond acceptors (Lipinski definition) is 7. The van der Waals surface area contributed by atoms with Crippen molar-refractivity contribution < 1.29 is 33.3 Å². The van der Waals surface area contributed by atoms with Crippen LogP contribution in [0.4, 0.5) is 20.6 Å². The Morgan fingerprint density at radius 2 is 1.82 bits per heavy atom. The van der Waals surface area contributed by atoms with Crippen molar-refractivity contribution in [2.45, 2.75) is 19.8 Å². The zero-order chi connectivity index (χ0) is 27.9. The Hall–Kier alpha value is -4.64. The van der Waals surface area contributed by atoms with Gasteiger partial charge in [0.25, 0.3) is 0 Å². The Morgan fingerprint density at radius 3 is 2.56 bits per heavy atom. The highest BCUT2D eigenvalue weighted by atomic mass is 35.5. The van der Waals surface area contributed by atoms with E-state index in [1.807, 2.05) is 0 Å². The van der Waals surface area contributed by atoms with Gasteiger partial charge in [-0.1, -0.05) is 17.7 Å². The average Bonchev–Trinajstić information content (AvgIpc) is 2.90.